The van der Waals surface area contributed by atoms with Gasteiger partial charge in [0.15, 0.2) is 0 Å². The van der Waals surface area contributed by atoms with Crippen LogP contribution in [0.3, 0.4) is 0 Å². The summed E-state index contributed by atoms with van der Waals surface area (Å²) in [5.74, 6) is 0.609. The lowest BCUT2D eigenvalue weighted by atomic mass is 9.95. The van der Waals surface area contributed by atoms with Crippen LogP contribution in [-0.2, 0) is 10.2 Å². The van der Waals surface area contributed by atoms with Crippen molar-refractivity contribution in [2.24, 2.45) is 11.0 Å². The van der Waals surface area contributed by atoms with Crippen LogP contribution in [0.2, 0.25) is 0 Å². The van der Waals surface area contributed by atoms with Crippen LogP contribution in [0.1, 0.15) is 31.6 Å². The highest BCUT2D eigenvalue weighted by atomic mass is 16.3. The number of furan rings is 1. The molecule has 21 heavy (non-hydrogen) atoms. The summed E-state index contributed by atoms with van der Waals surface area (Å²) in [6.45, 7) is 3.93. The SMILES string of the molecule is CC(=NNC(=O)[C@@H]1C[C@]1(C)c1ccccc1)c1ccco1. The Hall–Kier alpha value is -2.36. The standard InChI is InChI=1S/C17H18N2O2/c1-12(15-9-6-10-21-15)18-19-16(20)14-11-17(14,2)13-7-4-3-5-8-13/h3-10,14H,11H2,1-2H3,(H,19,20)/t14-,17+/m0/s1. The predicted molar refractivity (Wildman–Crippen MR) is 81.0 cm³/mol. The van der Waals surface area contributed by atoms with Crippen molar-refractivity contribution in [3.8, 4) is 0 Å². The molecule has 0 spiro atoms. The lowest BCUT2D eigenvalue weighted by Gasteiger charge is -2.10. The van der Waals surface area contributed by atoms with Crippen molar-refractivity contribution >= 4 is 11.6 Å². The molecule has 1 saturated carbocycles. The number of amides is 1. The van der Waals surface area contributed by atoms with Gasteiger partial charge in [-0.25, -0.2) is 5.43 Å². The maximum absolute atomic E-state index is 12.2. The molecule has 108 valence electrons. The van der Waals surface area contributed by atoms with Gasteiger partial charge in [0.25, 0.3) is 0 Å². The lowest BCUT2D eigenvalue weighted by molar-refractivity contribution is -0.122. The normalized spacial score (nSPS) is 24.7. The van der Waals surface area contributed by atoms with E-state index < -0.39 is 0 Å². The minimum Gasteiger partial charge on any atom is -0.463 e. The van der Waals surface area contributed by atoms with E-state index in [2.05, 4.69) is 29.6 Å². The van der Waals surface area contributed by atoms with Crippen molar-refractivity contribution in [1.82, 2.24) is 5.43 Å². The van der Waals surface area contributed by atoms with Gasteiger partial charge < -0.3 is 4.42 Å². The van der Waals surface area contributed by atoms with E-state index in [4.69, 9.17) is 4.42 Å². The molecule has 0 radical (unpaired) electrons. The first-order valence-corrected chi connectivity index (χ1v) is 7.05. The second kappa shape index (κ2) is 5.20. The summed E-state index contributed by atoms with van der Waals surface area (Å²) in [5.41, 5.74) is 4.44. The third-order valence-corrected chi connectivity index (χ3v) is 4.20. The van der Waals surface area contributed by atoms with Gasteiger partial charge >= 0.3 is 0 Å². The Balaban J connectivity index is 1.65. The molecule has 1 fully saturated rings. The van der Waals surface area contributed by atoms with Gasteiger partial charge in [-0.05, 0) is 31.0 Å². The molecule has 0 unspecified atom stereocenters. The molecule has 3 rings (SSSR count). The van der Waals surface area contributed by atoms with Gasteiger partial charge in [-0.3, -0.25) is 4.79 Å². The summed E-state index contributed by atoms with van der Waals surface area (Å²) in [5, 5.41) is 4.11. The quantitative estimate of drug-likeness (QED) is 0.692. The highest BCUT2D eigenvalue weighted by Gasteiger charge is 2.55. The van der Waals surface area contributed by atoms with Crippen molar-refractivity contribution < 1.29 is 9.21 Å². The fourth-order valence-electron chi connectivity index (χ4n) is 2.64. The molecule has 1 amide bonds. The fraction of sp³-hybridized carbons (Fsp3) is 0.294. The van der Waals surface area contributed by atoms with E-state index in [-0.39, 0.29) is 17.2 Å². The van der Waals surface area contributed by atoms with Crippen LogP contribution in [0.5, 0.6) is 0 Å². The molecular formula is C17H18N2O2. The molecule has 1 aromatic carbocycles. The Morgan fingerprint density at radius 2 is 2.05 bits per heavy atom. The van der Waals surface area contributed by atoms with Crippen LogP contribution in [0.4, 0.5) is 0 Å². The van der Waals surface area contributed by atoms with Gasteiger partial charge in [-0.1, -0.05) is 37.3 Å². The molecule has 4 heteroatoms. The van der Waals surface area contributed by atoms with Crippen molar-refractivity contribution in [2.45, 2.75) is 25.7 Å². The minimum absolute atomic E-state index is 0.0203. The summed E-state index contributed by atoms with van der Waals surface area (Å²) in [6, 6.07) is 13.8. The van der Waals surface area contributed by atoms with Crippen molar-refractivity contribution in [3.63, 3.8) is 0 Å². The van der Waals surface area contributed by atoms with Crippen LogP contribution in [0.25, 0.3) is 0 Å². The molecule has 1 aromatic heterocycles. The summed E-state index contributed by atoms with van der Waals surface area (Å²) < 4.78 is 5.23. The fourth-order valence-corrected chi connectivity index (χ4v) is 2.64. The summed E-state index contributed by atoms with van der Waals surface area (Å²) >= 11 is 0. The third-order valence-electron chi connectivity index (χ3n) is 4.20. The molecule has 0 aliphatic heterocycles. The van der Waals surface area contributed by atoms with Gasteiger partial charge in [0.2, 0.25) is 5.91 Å². The van der Waals surface area contributed by atoms with E-state index in [9.17, 15) is 4.79 Å². The monoisotopic (exact) mass is 282 g/mol. The highest BCUT2D eigenvalue weighted by Crippen LogP contribution is 2.53. The maximum atomic E-state index is 12.2. The smallest absolute Gasteiger partial charge is 0.244 e. The molecule has 1 heterocycles. The molecule has 1 aliphatic carbocycles. The zero-order chi connectivity index (χ0) is 14.9. The number of nitrogens with zero attached hydrogens (tertiary/aromatic N) is 1. The Morgan fingerprint density at radius 1 is 1.29 bits per heavy atom. The topological polar surface area (TPSA) is 54.6 Å². The Labute approximate surface area is 123 Å². The van der Waals surface area contributed by atoms with Gasteiger partial charge in [0, 0.05) is 5.41 Å². The van der Waals surface area contributed by atoms with E-state index in [1.165, 1.54) is 5.56 Å². The first kappa shape index (κ1) is 13.6. The van der Waals surface area contributed by atoms with E-state index in [1.54, 1.807) is 12.3 Å². The molecule has 0 saturated heterocycles. The number of benzene rings is 1. The second-order valence-electron chi connectivity index (χ2n) is 5.69. The first-order chi connectivity index (χ1) is 10.1. The van der Waals surface area contributed by atoms with E-state index >= 15 is 0 Å². The van der Waals surface area contributed by atoms with Crippen molar-refractivity contribution in [3.05, 3.63) is 60.1 Å². The zero-order valence-corrected chi connectivity index (χ0v) is 12.2. The zero-order valence-electron chi connectivity index (χ0n) is 12.2. The molecule has 0 bridgehead atoms. The number of carbonyl (C=O) groups excluding carboxylic acids is 1. The Bertz CT molecular complexity index is 661. The van der Waals surface area contributed by atoms with Crippen molar-refractivity contribution in [1.29, 1.82) is 0 Å². The molecule has 2 aromatic rings. The largest absolute Gasteiger partial charge is 0.463 e. The predicted octanol–water partition coefficient (Wildman–Crippen LogP) is 3.10. The van der Waals surface area contributed by atoms with Crippen LogP contribution >= 0.6 is 0 Å². The Kier molecular flexibility index (Phi) is 3.37. The number of rotatable bonds is 4. The third kappa shape index (κ3) is 2.61. The Morgan fingerprint density at radius 3 is 2.71 bits per heavy atom. The molecule has 1 N–H and O–H groups in total. The minimum atomic E-state index is -0.0700. The highest BCUT2D eigenvalue weighted by molar-refractivity contribution is 5.97. The van der Waals surface area contributed by atoms with Crippen LogP contribution in [-0.4, -0.2) is 11.6 Å². The lowest BCUT2D eigenvalue weighted by Crippen LogP contribution is -2.24. The average Bonchev–Trinajstić information content (AvgIpc) is 2.96. The summed E-state index contributed by atoms with van der Waals surface area (Å²) in [4.78, 5) is 12.2. The van der Waals surface area contributed by atoms with E-state index in [0.29, 0.717) is 11.5 Å². The molecule has 4 nitrogen and oxygen atoms in total. The van der Waals surface area contributed by atoms with Gasteiger partial charge in [0.05, 0.1) is 12.2 Å². The van der Waals surface area contributed by atoms with Gasteiger partial charge in [0.1, 0.15) is 11.5 Å². The molecular weight excluding hydrogens is 264 g/mol. The summed E-state index contributed by atoms with van der Waals surface area (Å²) in [6.07, 6.45) is 2.45. The molecule has 2 atom stereocenters. The van der Waals surface area contributed by atoms with Crippen LogP contribution in [0, 0.1) is 5.92 Å². The maximum Gasteiger partial charge on any atom is 0.244 e. The first-order valence-electron chi connectivity index (χ1n) is 7.05. The van der Waals surface area contributed by atoms with Gasteiger partial charge in [-0.15, -0.1) is 0 Å². The van der Waals surface area contributed by atoms with Crippen molar-refractivity contribution in [2.75, 3.05) is 0 Å². The number of hydrogen-bond acceptors (Lipinski definition) is 3. The van der Waals surface area contributed by atoms with E-state index in [1.807, 2.05) is 31.2 Å². The number of nitrogens with one attached hydrogen (secondary N) is 1. The average molecular weight is 282 g/mol. The second-order valence-corrected chi connectivity index (χ2v) is 5.69. The molecule has 1 aliphatic rings. The van der Waals surface area contributed by atoms with Gasteiger partial charge in [-0.2, -0.15) is 5.10 Å². The van der Waals surface area contributed by atoms with Crippen LogP contribution in [0.15, 0.2) is 58.2 Å². The van der Waals surface area contributed by atoms with E-state index in [0.717, 1.165) is 6.42 Å². The summed E-state index contributed by atoms with van der Waals surface area (Å²) in [7, 11) is 0. The number of hydrogen-bond donors (Lipinski definition) is 1. The number of carbonyl (C=O) groups is 1. The van der Waals surface area contributed by atoms with Crippen LogP contribution < -0.4 is 5.43 Å². The number of hydrazone groups is 1.